The molecule has 4 nitrogen and oxygen atoms in total. The lowest BCUT2D eigenvalue weighted by Gasteiger charge is -2.39. The third-order valence-corrected chi connectivity index (χ3v) is 5.21. The minimum absolute atomic E-state index is 0.612. The van der Waals surface area contributed by atoms with E-state index in [9.17, 15) is 9.90 Å². The number of ether oxygens (including phenoxy) is 2. The third-order valence-electron chi connectivity index (χ3n) is 4.56. The van der Waals surface area contributed by atoms with E-state index in [0.717, 1.165) is 16.5 Å². The molecule has 2 aliphatic rings. The first-order valence-electron chi connectivity index (χ1n) is 7.31. The maximum absolute atomic E-state index is 11.7. The highest BCUT2D eigenvalue weighted by Gasteiger charge is 2.47. The molecule has 0 spiro atoms. The van der Waals surface area contributed by atoms with Crippen LogP contribution in [-0.4, -0.2) is 24.8 Å². The first-order valence-corrected chi connectivity index (χ1v) is 8.10. The first kappa shape index (κ1) is 14.7. The quantitative estimate of drug-likeness (QED) is 0.844. The van der Waals surface area contributed by atoms with Gasteiger partial charge in [-0.1, -0.05) is 22.4 Å². The summed E-state index contributed by atoms with van der Waals surface area (Å²) in [5.74, 6) is 1.19. The largest absolute Gasteiger partial charge is 0.493 e. The predicted octanol–water partition coefficient (Wildman–Crippen LogP) is 3.75. The van der Waals surface area contributed by atoms with Gasteiger partial charge in [-0.2, -0.15) is 0 Å². The van der Waals surface area contributed by atoms with Gasteiger partial charge in [-0.3, -0.25) is 4.79 Å². The molecule has 21 heavy (non-hydrogen) atoms. The second kappa shape index (κ2) is 5.52. The van der Waals surface area contributed by atoms with Crippen LogP contribution in [0.5, 0.6) is 11.5 Å². The zero-order valence-corrected chi connectivity index (χ0v) is 13.6. The molecule has 0 radical (unpaired) electrons. The summed E-state index contributed by atoms with van der Waals surface area (Å²) in [5, 5.41) is 9.59. The van der Waals surface area contributed by atoms with Gasteiger partial charge < -0.3 is 14.6 Å². The Hall–Kier alpha value is -1.23. The Morgan fingerprint density at radius 3 is 2.57 bits per heavy atom. The van der Waals surface area contributed by atoms with Gasteiger partial charge in [0.2, 0.25) is 0 Å². The normalized spacial score (nSPS) is 19.7. The highest BCUT2D eigenvalue weighted by atomic mass is 79.9. The van der Waals surface area contributed by atoms with Gasteiger partial charge >= 0.3 is 5.97 Å². The summed E-state index contributed by atoms with van der Waals surface area (Å²) in [5.41, 5.74) is 0.0121. The van der Waals surface area contributed by atoms with E-state index in [-0.39, 0.29) is 0 Å². The zero-order valence-electron chi connectivity index (χ0n) is 12.0. The van der Waals surface area contributed by atoms with Gasteiger partial charge in [0, 0.05) is 4.47 Å². The van der Waals surface area contributed by atoms with Crippen molar-refractivity contribution in [2.75, 3.05) is 13.7 Å². The lowest BCUT2D eigenvalue weighted by molar-refractivity contribution is -0.147. The van der Waals surface area contributed by atoms with E-state index in [4.69, 9.17) is 9.47 Å². The number of benzene rings is 1. The molecule has 114 valence electrons. The monoisotopic (exact) mass is 354 g/mol. The number of carboxylic acids is 1. The van der Waals surface area contributed by atoms with Gasteiger partial charge in [-0.15, -0.1) is 0 Å². The van der Waals surface area contributed by atoms with Crippen molar-refractivity contribution in [1.82, 2.24) is 0 Å². The van der Waals surface area contributed by atoms with Crippen molar-refractivity contribution in [2.24, 2.45) is 5.92 Å². The highest BCUT2D eigenvalue weighted by molar-refractivity contribution is 9.10. The SMILES string of the molecule is COc1cc(C2(C(=O)O)CCC2)c(Br)cc1OCC1CC1. The number of halogens is 1. The van der Waals surface area contributed by atoms with E-state index < -0.39 is 11.4 Å². The predicted molar refractivity (Wildman–Crippen MR) is 82.1 cm³/mol. The maximum atomic E-state index is 11.7. The Morgan fingerprint density at radius 1 is 1.38 bits per heavy atom. The lowest BCUT2D eigenvalue weighted by Crippen LogP contribution is -2.42. The van der Waals surface area contributed by atoms with Crippen LogP contribution in [0, 0.1) is 5.92 Å². The van der Waals surface area contributed by atoms with Crippen LogP contribution in [0.25, 0.3) is 0 Å². The fraction of sp³-hybridized carbons (Fsp3) is 0.562. The van der Waals surface area contributed by atoms with Crippen molar-refractivity contribution in [3.05, 3.63) is 22.2 Å². The topological polar surface area (TPSA) is 55.8 Å². The molecule has 0 saturated heterocycles. The number of aliphatic carboxylic acids is 1. The molecule has 2 fully saturated rings. The molecule has 0 aliphatic heterocycles. The van der Waals surface area contributed by atoms with Crippen LogP contribution >= 0.6 is 15.9 Å². The number of carboxylic acid groups (broad SMARTS) is 1. The van der Waals surface area contributed by atoms with E-state index in [2.05, 4.69) is 15.9 Å². The van der Waals surface area contributed by atoms with E-state index in [1.807, 2.05) is 12.1 Å². The summed E-state index contributed by atoms with van der Waals surface area (Å²) in [7, 11) is 1.59. The van der Waals surface area contributed by atoms with Crippen LogP contribution in [-0.2, 0) is 10.2 Å². The van der Waals surface area contributed by atoms with Crippen molar-refractivity contribution in [3.63, 3.8) is 0 Å². The molecule has 0 aromatic heterocycles. The summed E-state index contributed by atoms with van der Waals surface area (Å²) in [4.78, 5) is 11.7. The molecule has 0 unspecified atom stereocenters. The third kappa shape index (κ3) is 2.63. The van der Waals surface area contributed by atoms with Crippen LogP contribution < -0.4 is 9.47 Å². The van der Waals surface area contributed by atoms with Crippen LogP contribution in [0.15, 0.2) is 16.6 Å². The molecule has 1 aromatic carbocycles. The van der Waals surface area contributed by atoms with Crippen LogP contribution in [0.3, 0.4) is 0 Å². The van der Waals surface area contributed by atoms with Gasteiger partial charge in [0.05, 0.1) is 19.1 Å². The minimum Gasteiger partial charge on any atom is -0.493 e. The Kier molecular flexibility index (Phi) is 3.86. The number of methoxy groups -OCH3 is 1. The Bertz CT molecular complexity index is 562. The zero-order chi connectivity index (χ0) is 15.0. The second-order valence-electron chi connectivity index (χ2n) is 5.98. The van der Waals surface area contributed by atoms with Crippen molar-refractivity contribution < 1.29 is 19.4 Å². The van der Waals surface area contributed by atoms with Gasteiger partial charge in [0.15, 0.2) is 11.5 Å². The van der Waals surface area contributed by atoms with E-state index in [0.29, 0.717) is 36.9 Å². The molecule has 5 heteroatoms. The van der Waals surface area contributed by atoms with Crippen LogP contribution in [0.4, 0.5) is 0 Å². The number of rotatable bonds is 6. The van der Waals surface area contributed by atoms with Gasteiger partial charge in [0.25, 0.3) is 0 Å². The summed E-state index contributed by atoms with van der Waals surface area (Å²) >= 11 is 3.51. The second-order valence-corrected chi connectivity index (χ2v) is 6.83. The van der Waals surface area contributed by atoms with E-state index in [1.165, 1.54) is 12.8 Å². The standard InChI is InChI=1S/C16H19BrO4/c1-20-13-7-11(16(15(18)19)5-2-6-16)12(17)8-14(13)21-9-10-3-4-10/h7-8,10H,2-6,9H2,1H3,(H,18,19). The van der Waals surface area contributed by atoms with Gasteiger partial charge in [-0.05, 0) is 49.3 Å². The minimum atomic E-state index is -0.777. The Labute approximate surface area is 132 Å². The highest BCUT2D eigenvalue weighted by Crippen LogP contribution is 2.49. The van der Waals surface area contributed by atoms with E-state index >= 15 is 0 Å². The molecule has 0 atom stereocenters. The summed E-state index contributed by atoms with van der Waals surface area (Å²) in [6, 6.07) is 3.67. The molecule has 3 rings (SSSR count). The fourth-order valence-corrected chi connectivity index (χ4v) is 3.50. The van der Waals surface area contributed by atoms with Crippen LogP contribution in [0.1, 0.15) is 37.7 Å². The average Bonchev–Trinajstić information content (AvgIpc) is 3.20. The summed E-state index contributed by atoms with van der Waals surface area (Å²) < 4.78 is 12.0. The first-order chi connectivity index (χ1) is 10.1. The molecule has 2 aliphatic carbocycles. The van der Waals surface area contributed by atoms with Gasteiger partial charge in [-0.25, -0.2) is 0 Å². The fourth-order valence-electron chi connectivity index (χ4n) is 2.80. The Morgan fingerprint density at radius 2 is 2.10 bits per heavy atom. The summed E-state index contributed by atoms with van der Waals surface area (Å²) in [6.45, 7) is 0.701. The molecule has 0 heterocycles. The lowest BCUT2D eigenvalue weighted by atomic mass is 9.64. The molecular formula is C16H19BrO4. The van der Waals surface area contributed by atoms with Crippen LogP contribution in [0.2, 0.25) is 0 Å². The number of hydrogen-bond acceptors (Lipinski definition) is 3. The summed E-state index contributed by atoms with van der Waals surface area (Å²) in [6.07, 6.45) is 4.74. The molecule has 0 amide bonds. The molecule has 1 N–H and O–H groups in total. The van der Waals surface area contributed by atoms with Crippen molar-refractivity contribution in [3.8, 4) is 11.5 Å². The number of hydrogen-bond donors (Lipinski definition) is 1. The maximum Gasteiger partial charge on any atom is 0.314 e. The smallest absolute Gasteiger partial charge is 0.314 e. The molecule has 1 aromatic rings. The van der Waals surface area contributed by atoms with Crippen molar-refractivity contribution >= 4 is 21.9 Å². The van der Waals surface area contributed by atoms with Crippen molar-refractivity contribution in [1.29, 1.82) is 0 Å². The molecular weight excluding hydrogens is 336 g/mol. The number of carbonyl (C=O) groups is 1. The van der Waals surface area contributed by atoms with Gasteiger partial charge in [0.1, 0.15) is 0 Å². The van der Waals surface area contributed by atoms with E-state index in [1.54, 1.807) is 7.11 Å². The average molecular weight is 355 g/mol. The van der Waals surface area contributed by atoms with Crippen molar-refractivity contribution in [2.45, 2.75) is 37.5 Å². The molecule has 2 saturated carbocycles. The molecule has 0 bridgehead atoms. The Balaban J connectivity index is 1.92.